The largest absolute Gasteiger partial charge is 0.360 e. The Morgan fingerprint density at radius 3 is 2.77 bits per heavy atom. The molecule has 1 aromatic heterocycles. The Labute approximate surface area is 154 Å². The van der Waals surface area contributed by atoms with Crippen LogP contribution in [0.15, 0.2) is 29.5 Å². The van der Waals surface area contributed by atoms with Crippen molar-refractivity contribution >= 4 is 17.7 Å². The second kappa shape index (κ2) is 6.72. The highest BCUT2D eigenvalue weighted by Gasteiger charge is 2.32. The van der Waals surface area contributed by atoms with Crippen LogP contribution in [0.25, 0.3) is 0 Å². The lowest BCUT2D eigenvalue weighted by Gasteiger charge is -2.30. The van der Waals surface area contributed by atoms with Crippen molar-refractivity contribution in [3.8, 4) is 0 Å². The zero-order valence-corrected chi connectivity index (χ0v) is 15.5. The molecule has 7 heteroatoms. The molecule has 3 N–H and O–H groups in total. The summed E-state index contributed by atoms with van der Waals surface area (Å²) in [5, 5.41) is 9.96. The monoisotopic (exact) mass is 354 g/mol. The van der Waals surface area contributed by atoms with E-state index in [9.17, 15) is 4.79 Å². The van der Waals surface area contributed by atoms with Gasteiger partial charge in [-0.15, -0.1) is 0 Å². The van der Waals surface area contributed by atoms with Gasteiger partial charge < -0.3 is 20.9 Å². The van der Waals surface area contributed by atoms with Crippen LogP contribution in [-0.2, 0) is 0 Å². The summed E-state index contributed by atoms with van der Waals surface area (Å²) >= 11 is 0. The molecule has 0 bridgehead atoms. The minimum absolute atomic E-state index is 0.0104. The van der Waals surface area contributed by atoms with E-state index in [0.717, 1.165) is 25.9 Å². The van der Waals surface area contributed by atoms with Crippen molar-refractivity contribution in [3.05, 3.63) is 35.1 Å². The van der Waals surface area contributed by atoms with Crippen LogP contribution in [0.1, 0.15) is 37.0 Å². The fraction of sp³-hybridized carbons (Fsp3) is 0.526. The van der Waals surface area contributed by atoms with Crippen molar-refractivity contribution in [1.29, 1.82) is 0 Å². The third kappa shape index (κ3) is 3.19. The van der Waals surface area contributed by atoms with Crippen molar-refractivity contribution in [2.24, 2.45) is 0 Å². The third-order valence-electron chi connectivity index (χ3n) is 5.68. The number of amides is 1. The maximum atomic E-state index is 12.6. The summed E-state index contributed by atoms with van der Waals surface area (Å²) in [4.78, 5) is 23.9. The van der Waals surface area contributed by atoms with Crippen LogP contribution in [0.5, 0.6) is 0 Å². The molecule has 2 unspecified atom stereocenters. The molecule has 138 valence electrons. The second-order valence-corrected chi connectivity index (χ2v) is 7.52. The first-order chi connectivity index (χ1) is 12.5. The molecule has 26 heavy (non-hydrogen) atoms. The van der Waals surface area contributed by atoms with Crippen molar-refractivity contribution in [2.45, 2.75) is 44.8 Å². The summed E-state index contributed by atoms with van der Waals surface area (Å²) in [5.74, 6) is 1.05. The first-order valence-electron chi connectivity index (χ1n) is 9.26. The highest BCUT2D eigenvalue weighted by molar-refractivity contribution is 6.00. The molecule has 1 amide bonds. The first kappa shape index (κ1) is 17.0. The molecule has 1 aliphatic carbocycles. The van der Waals surface area contributed by atoms with Gasteiger partial charge in [0.15, 0.2) is 0 Å². The predicted molar refractivity (Wildman–Crippen MR) is 102 cm³/mol. The lowest BCUT2D eigenvalue weighted by Crippen LogP contribution is -2.45. The highest BCUT2D eigenvalue weighted by Crippen LogP contribution is 2.27. The van der Waals surface area contributed by atoms with Gasteiger partial charge >= 0.3 is 0 Å². The number of aromatic nitrogens is 2. The third-order valence-corrected chi connectivity index (χ3v) is 5.68. The van der Waals surface area contributed by atoms with Crippen LogP contribution >= 0.6 is 0 Å². The number of rotatable bonds is 2. The lowest BCUT2D eigenvalue weighted by atomic mass is 9.91. The molecule has 1 fully saturated rings. The molecular formula is C19H26N6O. The van der Waals surface area contributed by atoms with Crippen molar-refractivity contribution in [3.63, 3.8) is 0 Å². The standard InChI is InChI=1S/C19H26N6O/c1-11-4-5-15-16(12(11)2)23-17-14(18(26)22-15)10-20-19(24-17)21-13-6-8-25(3)9-7-13/h4-5,10,13,15-16H,6-9H2,1-3H3,(H,22,26)(H2,20,21,23,24). The number of allylic oxidation sites excluding steroid dienone is 2. The summed E-state index contributed by atoms with van der Waals surface area (Å²) in [6, 6.07) is 0.306. The molecule has 3 heterocycles. The van der Waals surface area contributed by atoms with E-state index >= 15 is 0 Å². The number of carbonyl (C=O) groups excluding carboxylic acids is 1. The molecule has 0 saturated carbocycles. The van der Waals surface area contributed by atoms with E-state index < -0.39 is 0 Å². The molecule has 3 aliphatic rings. The average molecular weight is 354 g/mol. The molecule has 2 aliphatic heterocycles. The van der Waals surface area contributed by atoms with Gasteiger partial charge in [-0.25, -0.2) is 4.98 Å². The maximum Gasteiger partial charge on any atom is 0.257 e. The molecular weight excluding hydrogens is 328 g/mol. The normalized spacial score (nSPS) is 26.5. The van der Waals surface area contributed by atoms with Crippen LogP contribution in [0, 0.1) is 0 Å². The number of nitrogens with zero attached hydrogens (tertiary/aromatic N) is 3. The first-order valence-corrected chi connectivity index (χ1v) is 9.26. The number of likely N-dealkylation sites (tertiary alicyclic amines) is 1. The highest BCUT2D eigenvalue weighted by atomic mass is 16.1. The molecule has 4 rings (SSSR count). The average Bonchev–Trinajstić information content (AvgIpc) is 2.77. The molecule has 1 saturated heterocycles. The molecule has 0 spiro atoms. The number of piperidine rings is 1. The van der Waals surface area contributed by atoms with E-state index in [1.165, 1.54) is 11.1 Å². The van der Waals surface area contributed by atoms with Gasteiger partial charge in [0.2, 0.25) is 5.95 Å². The Morgan fingerprint density at radius 2 is 2.00 bits per heavy atom. The number of anilines is 2. The number of fused-ring (bicyclic) bond motifs is 2. The van der Waals surface area contributed by atoms with Crippen LogP contribution in [0.3, 0.4) is 0 Å². The lowest BCUT2D eigenvalue weighted by molar-refractivity contribution is 0.0946. The molecule has 0 radical (unpaired) electrons. The summed E-state index contributed by atoms with van der Waals surface area (Å²) in [5.41, 5.74) is 2.93. The van der Waals surface area contributed by atoms with Gasteiger partial charge in [-0.3, -0.25) is 4.79 Å². The molecule has 0 aromatic carbocycles. The summed E-state index contributed by atoms with van der Waals surface area (Å²) < 4.78 is 0. The molecule has 7 nitrogen and oxygen atoms in total. The predicted octanol–water partition coefficient (Wildman–Crippen LogP) is 1.78. The van der Waals surface area contributed by atoms with E-state index in [0.29, 0.717) is 23.4 Å². The summed E-state index contributed by atoms with van der Waals surface area (Å²) in [7, 11) is 2.14. The van der Waals surface area contributed by atoms with Gasteiger partial charge in [-0.2, -0.15) is 4.98 Å². The Bertz CT molecular complexity index is 778. The Balaban J connectivity index is 1.58. The number of nitrogens with one attached hydrogen (secondary N) is 3. The zero-order chi connectivity index (χ0) is 18.3. The SMILES string of the molecule is CC1=C(C)C2Nc3nc(NC4CCN(C)CC4)ncc3C(=O)NC2C=C1. The van der Waals surface area contributed by atoms with Crippen molar-refractivity contribution in [1.82, 2.24) is 20.2 Å². The van der Waals surface area contributed by atoms with Crippen LogP contribution in [0.4, 0.5) is 11.8 Å². The van der Waals surface area contributed by atoms with Gasteiger partial charge in [0.1, 0.15) is 11.4 Å². The van der Waals surface area contributed by atoms with Gasteiger partial charge in [0, 0.05) is 12.2 Å². The zero-order valence-electron chi connectivity index (χ0n) is 15.5. The van der Waals surface area contributed by atoms with E-state index in [1.54, 1.807) is 6.20 Å². The maximum absolute atomic E-state index is 12.6. The van der Waals surface area contributed by atoms with E-state index in [-0.39, 0.29) is 18.0 Å². The van der Waals surface area contributed by atoms with Crippen molar-refractivity contribution in [2.75, 3.05) is 30.8 Å². The minimum Gasteiger partial charge on any atom is -0.360 e. The number of hydrogen-bond acceptors (Lipinski definition) is 6. The van der Waals surface area contributed by atoms with Crippen LogP contribution < -0.4 is 16.0 Å². The topological polar surface area (TPSA) is 82.2 Å². The van der Waals surface area contributed by atoms with Gasteiger partial charge in [-0.1, -0.05) is 17.7 Å². The van der Waals surface area contributed by atoms with E-state index in [2.05, 4.69) is 57.8 Å². The molecule has 1 aromatic rings. The minimum atomic E-state index is -0.136. The molecule has 2 atom stereocenters. The smallest absolute Gasteiger partial charge is 0.257 e. The van der Waals surface area contributed by atoms with Crippen molar-refractivity contribution < 1.29 is 4.79 Å². The van der Waals surface area contributed by atoms with E-state index in [4.69, 9.17) is 0 Å². The van der Waals surface area contributed by atoms with E-state index in [1.807, 2.05) is 6.08 Å². The quantitative estimate of drug-likeness (QED) is 0.751. The summed E-state index contributed by atoms with van der Waals surface area (Å²) in [6.07, 6.45) is 7.86. The Hall–Kier alpha value is -2.41. The van der Waals surface area contributed by atoms with Gasteiger partial charge in [0.05, 0.1) is 12.1 Å². The number of carbonyl (C=O) groups is 1. The Kier molecular flexibility index (Phi) is 4.40. The Morgan fingerprint density at radius 1 is 1.23 bits per heavy atom. The fourth-order valence-electron chi connectivity index (χ4n) is 3.77. The van der Waals surface area contributed by atoms with Gasteiger partial charge in [0.25, 0.3) is 5.91 Å². The number of hydrogen-bond donors (Lipinski definition) is 3. The van der Waals surface area contributed by atoms with Gasteiger partial charge in [-0.05, 0) is 52.4 Å². The van der Waals surface area contributed by atoms with Crippen LogP contribution in [-0.4, -0.2) is 59.0 Å². The fourth-order valence-corrected chi connectivity index (χ4v) is 3.77. The van der Waals surface area contributed by atoms with Crippen LogP contribution in [0.2, 0.25) is 0 Å². The summed E-state index contributed by atoms with van der Waals surface area (Å²) in [6.45, 7) is 6.33. The second-order valence-electron chi connectivity index (χ2n) is 7.52.